The van der Waals surface area contributed by atoms with E-state index in [0.29, 0.717) is 0 Å². The summed E-state index contributed by atoms with van der Waals surface area (Å²) < 4.78 is 65.8. The van der Waals surface area contributed by atoms with Crippen LogP contribution in [0.3, 0.4) is 0 Å². The molecule has 5 nitrogen and oxygen atoms in total. The van der Waals surface area contributed by atoms with Crippen LogP contribution in [0.1, 0.15) is 12.8 Å². The molecule has 10 heteroatoms. The molecule has 2 rings (SSSR count). The van der Waals surface area contributed by atoms with Gasteiger partial charge in [0.05, 0.1) is 6.10 Å². The van der Waals surface area contributed by atoms with Crippen molar-refractivity contribution in [3.63, 3.8) is 0 Å². The Bertz CT molecular complexity index is 630. The zero-order chi connectivity index (χ0) is 17.3. The van der Waals surface area contributed by atoms with Crippen LogP contribution < -0.4 is 5.32 Å². The van der Waals surface area contributed by atoms with Gasteiger partial charge in [-0.2, -0.15) is 0 Å². The molecular weight excluding hydrogens is 327 g/mol. The Morgan fingerprint density at radius 2 is 1.35 bits per heavy atom. The lowest BCUT2D eigenvalue weighted by molar-refractivity contribution is -0.144. The first-order chi connectivity index (χ1) is 10.7. The zero-order valence-electron chi connectivity index (χ0n) is 11.5. The van der Waals surface area contributed by atoms with Crippen LogP contribution in [0.4, 0.5) is 27.6 Å². The van der Waals surface area contributed by atoms with E-state index in [-0.39, 0.29) is 25.9 Å². The quantitative estimate of drug-likeness (QED) is 0.351. The van der Waals surface area contributed by atoms with Crippen LogP contribution in [0.5, 0.6) is 0 Å². The lowest BCUT2D eigenvalue weighted by Gasteiger charge is -2.28. The number of aliphatic hydroxyl groups is 1. The molecule has 1 aliphatic rings. The van der Waals surface area contributed by atoms with Crippen molar-refractivity contribution in [3.05, 3.63) is 29.1 Å². The molecule has 2 amide bonds. The van der Waals surface area contributed by atoms with E-state index >= 15 is 0 Å². The molecular formula is C13H11F5N2O3. The second-order valence-corrected chi connectivity index (χ2v) is 4.92. The average Bonchev–Trinajstić information content (AvgIpc) is 2.55. The van der Waals surface area contributed by atoms with Crippen molar-refractivity contribution >= 4 is 17.5 Å². The predicted molar refractivity (Wildman–Crippen MR) is 66.7 cm³/mol. The second-order valence-electron chi connectivity index (χ2n) is 4.92. The monoisotopic (exact) mass is 338 g/mol. The molecule has 0 atom stereocenters. The number of nitrogens with zero attached hydrogens (tertiary/aromatic N) is 1. The highest BCUT2D eigenvalue weighted by Crippen LogP contribution is 2.27. The van der Waals surface area contributed by atoms with Crippen molar-refractivity contribution in [1.29, 1.82) is 0 Å². The maximum Gasteiger partial charge on any atom is 0.314 e. The summed E-state index contributed by atoms with van der Waals surface area (Å²) >= 11 is 0. The van der Waals surface area contributed by atoms with E-state index in [1.165, 1.54) is 5.32 Å². The van der Waals surface area contributed by atoms with Gasteiger partial charge in [-0.25, -0.2) is 22.0 Å². The Hall–Kier alpha value is -2.23. The summed E-state index contributed by atoms with van der Waals surface area (Å²) in [7, 11) is 0. The standard InChI is InChI=1S/C13H11F5N2O3/c14-6-7(15)9(17)11(10(18)8(6)16)19-12(22)13(23)20-3-1-5(21)2-4-20/h5,21H,1-4H2,(H,19,22). The van der Waals surface area contributed by atoms with Gasteiger partial charge in [0, 0.05) is 13.1 Å². The van der Waals surface area contributed by atoms with E-state index in [0.717, 1.165) is 4.90 Å². The van der Waals surface area contributed by atoms with Gasteiger partial charge in [-0.1, -0.05) is 0 Å². The summed E-state index contributed by atoms with van der Waals surface area (Å²) in [5.74, 6) is -14.0. The number of carbonyl (C=O) groups is 2. The summed E-state index contributed by atoms with van der Waals surface area (Å²) in [4.78, 5) is 24.5. The van der Waals surface area contributed by atoms with E-state index in [1.54, 1.807) is 0 Å². The molecule has 1 saturated heterocycles. The Morgan fingerprint density at radius 1 is 0.913 bits per heavy atom. The number of anilines is 1. The zero-order valence-corrected chi connectivity index (χ0v) is 11.5. The Balaban J connectivity index is 2.19. The Kier molecular flexibility index (Phi) is 4.83. The number of benzene rings is 1. The number of amides is 2. The van der Waals surface area contributed by atoms with Crippen LogP contribution in [0, 0.1) is 29.1 Å². The molecule has 0 saturated carbocycles. The van der Waals surface area contributed by atoms with Crippen LogP contribution in [-0.2, 0) is 9.59 Å². The number of aliphatic hydroxyl groups excluding tert-OH is 1. The number of halogens is 5. The van der Waals surface area contributed by atoms with Crippen LogP contribution >= 0.6 is 0 Å². The minimum absolute atomic E-state index is 0.0323. The number of hydrogen-bond acceptors (Lipinski definition) is 3. The van der Waals surface area contributed by atoms with Crippen LogP contribution in [-0.4, -0.2) is 41.0 Å². The van der Waals surface area contributed by atoms with Crippen LogP contribution in [0.15, 0.2) is 0 Å². The summed E-state index contributed by atoms with van der Waals surface area (Å²) in [5.41, 5.74) is -1.59. The molecule has 0 bridgehead atoms. The largest absolute Gasteiger partial charge is 0.393 e. The van der Waals surface area contributed by atoms with Gasteiger partial charge in [0.1, 0.15) is 5.69 Å². The fourth-order valence-corrected chi connectivity index (χ4v) is 2.09. The molecule has 1 aromatic carbocycles. The topological polar surface area (TPSA) is 69.6 Å². The molecule has 0 spiro atoms. The van der Waals surface area contributed by atoms with Gasteiger partial charge < -0.3 is 15.3 Å². The van der Waals surface area contributed by atoms with E-state index in [1.807, 2.05) is 0 Å². The van der Waals surface area contributed by atoms with E-state index < -0.39 is 52.7 Å². The molecule has 0 unspecified atom stereocenters. The van der Waals surface area contributed by atoms with Crippen molar-refractivity contribution in [1.82, 2.24) is 4.90 Å². The highest BCUT2D eigenvalue weighted by Gasteiger charge is 2.31. The van der Waals surface area contributed by atoms with Crippen LogP contribution in [0.25, 0.3) is 0 Å². The number of carbonyl (C=O) groups excluding carboxylic acids is 2. The van der Waals surface area contributed by atoms with Crippen molar-refractivity contribution in [2.75, 3.05) is 18.4 Å². The van der Waals surface area contributed by atoms with Crippen molar-refractivity contribution < 1.29 is 36.6 Å². The molecule has 0 aliphatic carbocycles. The summed E-state index contributed by atoms with van der Waals surface area (Å²) in [6.07, 6.45) is -0.208. The number of likely N-dealkylation sites (tertiary alicyclic amines) is 1. The lowest BCUT2D eigenvalue weighted by atomic mass is 10.1. The number of hydrogen-bond donors (Lipinski definition) is 2. The summed E-state index contributed by atoms with van der Waals surface area (Å²) in [5, 5.41) is 10.7. The highest BCUT2D eigenvalue weighted by molar-refractivity contribution is 6.39. The summed E-state index contributed by atoms with van der Waals surface area (Å²) in [6.45, 7) is 0.0645. The second kappa shape index (κ2) is 6.49. The third kappa shape index (κ3) is 3.26. The van der Waals surface area contributed by atoms with Crippen LogP contribution in [0.2, 0.25) is 0 Å². The maximum absolute atomic E-state index is 13.4. The first-order valence-electron chi connectivity index (χ1n) is 6.53. The maximum atomic E-state index is 13.4. The third-order valence-corrected chi connectivity index (χ3v) is 3.39. The van der Waals surface area contributed by atoms with Gasteiger partial charge in [-0.05, 0) is 12.8 Å². The Morgan fingerprint density at radius 3 is 1.83 bits per heavy atom. The van der Waals surface area contributed by atoms with Crippen molar-refractivity contribution in [2.45, 2.75) is 18.9 Å². The average molecular weight is 338 g/mol. The molecule has 0 aromatic heterocycles. The third-order valence-electron chi connectivity index (χ3n) is 3.39. The van der Waals surface area contributed by atoms with Gasteiger partial charge in [-0.3, -0.25) is 9.59 Å². The number of nitrogens with one attached hydrogen (secondary N) is 1. The van der Waals surface area contributed by atoms with Crippen molar-refractivity contribution in [2.24, 2.45) is 0 Å². The molecule has 23 heavy (non-hydrogen) atoms. The lowest BCUT2D eigenvalue weighted by Crippen LogP contribution is -2.45. The minimum Gasteiger partial charge on any atom is -0.393 e. The predicted octanol–water partition coefficient (Wildman–Crippen LogP) is 1.30. The van der Waals surface area contributed by atoms with Crippen molar-refractivity contribution in [3.8, 4) is 0 Å². The fourth-order valence-electron chi connectivity index (χ4n) is 2.09. The van der Waals surface area contributed by atoms with Gasteiger partial charge in [0.15, 0.2) is 23.3 Å². The first kappa shape index (κ1) is 17.1. The molecule has 0 radical (unpaired) electrons. The number of rotatable bonds is 1. The van der Waals surface area contributed by atoms with Gasteiger partial charge in [0.25, 0.3) is 0 Å². The Labute approximate surface area is 126 Å². The molecule has 1 aromatic rings. The molecule has 126 valence electrons. The first-order valence-corrected chi connectivity index (χ1v) is 6.53. The molecule has 1 heterocycles. The van der Waals surface area contributed by atoms with E-state index in [9.17, 15) is 36.6 Å². The molecule has 1 fully saturated rings. The minimum atomic E-state index is -2.37. The summed E-state index contributed by atoms with van der Waals surface area (Å²) in [6, 6.07) is 0. The SMILES string of the molecule is O=C(Nc1c(F)c(F)c(F)c(F)c1F)C(=O)N1CCC(O)CC1. The van der Waals surface area contributed by atoms with Gasteiger partial charge >= 0.3 is 11.8 Å². The smallest absolute Gasteiger partial charge is 0.314 e. The van der Waals surface area contributed by atoms with Gasteiger partial charge in [0.2, 0.25) is 5.82 Å². The van der Waals surface area contributed by atoms with E-state index in [2.05, 4.69) is 0 Å². The molecule has 1 aliphatic heterocycles. The fraction of sp³-hybridized carbons (Fsp3) is 0.385. The molecule has 2 N–H and O–H groups in total. The van der Waals surface area contributed by atoms with E-state index in [4.69, 9.17) is 0 Å². The normalized spacial score (nSPS) is 15.7. The number of piperidine rings is 1. The van der Waals surface area contributed by atoms with Gasteiger partial charge in [-0.15, -0.1) is 0 Å². The highest BCUT2D eigenvalue weighted by atomic mass is 19.2.